The zero-order valence-corrected chi connectivity index (χ0v) is 14.1. The van der Waals surface area contributed by atoms with Crippen LogP contribution in [0, 0.1) is 11.3 Å². The standard InChI is InChI=1S/C15H31N3O2/c1-12(2)15(6,7)10-13(20-14(3,4)5)11-19-9-8-17-18-16/h12-13H,8-11H2,1-7H3. The van der Waals surface area contributed by atoms with Crippen molar-refractivity contribution < 1.29 is 9.47 Å². The molecule has 0 aliphatic rings. The van der Waals surface area contributed by atoms with E-state index in [0.717, 1.165) is 6.42 Å². The maximum atomic E-state index is 8.22. The van der Waals surface area contributed by atoms with Gasteiger partial charge in [-0.15, -0.1) is 0 Å². The average molecular weight is 285 g/mol. The molecular weight excluding hydrogens is 254 g/mol. The Morgan fingerprint density at radius 2 is 1.75 bits per heavy atom. The second-order valence-corrected chi connectivity index (χ2v) is 7.23. The van der Waals surface area contributed by atoms with Crippen LogP contribution in [-0.2, 0) is 9.47 Å². The Morgan fingerprint density at radius 3 is 2.20 bits per heavy atom. The molecule has 118 valence electrons. The predicted octanol–water partition coefficient (Wildman–Crippen LogP) is 4.57. The first-order valence-corrected chi connectivity index (χ1v) is 7.35. The Kier molecular flexibility index (Phi) is 8.17. The summed E-state index contributed by atoms with van der Waals surface area (Å²) in [5.41, 5.74) is 8.23. The van der Waals surface area contributed by atoms with E-state index in [4.69, 9.17) is 15.0 Å². The number of hydrogen-bond donors (Lipinski definition) is 0. The Morgan fingerprint density at radius 1 is 1.15 bits per heavy atom. The quantitative estimate of drug-likeness (QED) is 0.269. The first-order valence-electron chi connectivity index (χ1n) is 7.35. The number of ether oxygens (including phenoxy) is 2. The molecular formula is C15H31N3O2. The maximum absolute atomic E-state index is 8.22. The Bertz CT molecular complexity index is 316. The van der Waals surface area contributed by atoms with E-state index in [1.54, 1.807) is 0 Å². The van der Waals surface area contributed by atoms with Gasteiger partial charge in [-0.1, -0.05) is 32.8 Å². The van der Waals surface area contributed by atoms with Gasteiger partial charge in [-0.05, 0) is 44.1 Å². The van der Waals surface area contributed by atoms with Gasteiger partial charge in [0.2, 0.25) is 0 Å². The van der Waals surface area contributed by atoms with Crippen LogP contribution in [0.4, 0.5) is 0 Å². The van der Waals surface area contributed by atoms with E-state index in [1.807, 2.05) is 0 Å². The van der Waals surface area contributed by atoms with Gasteiger partial charge in [-0.3, -0.25) is 0 Å². The van der Waals surface area contributed by atoms with Crippen molar-refractivity contribution in [2.24, 2.45) is 16.4 Å². The molecule has 0 aromatic rings. The minimum Gasteiger partial charge on any atom is -0.379 e. The van der Waals surface area contributed by atoms with E-state index in [9.17, 15) is 0 Å². The maximum Gasteiger partial charge on any atom is 0.0820 e. The molecule has 0 spiro atoms. The van der Waals surface area contributed by atoms with Crippen molar-refractivity contribution in [1.29, 1.82) is 0 Å². The molecule has 0 rings (SSSR count). The molecule has 0 radical (unpaired) electrons. The fraction of sp³-hybridized carbons (Fsp3) is 1.00. The van der Waals surface area contributed by atoms with Gasteiger partial charge in [0.05, 0.1) is 24.9 Å². The normalized spacial score (nSPS) is 14.2. The molecule has 5 heteroatoms. The van der Waals surface area contributed by atoms with E-state index in [2.05, 4.69) is 58.5 Å². The second-order valence-electron chi connectivity index (χ2n) is 7.23. The molecule has 0 amide bonds. The van der Waals surface area contributed by atoms with E-state index >= 15 is 0 Å². The van der Waals surface area contributed by atoms with Crippen LogP contribution in [0.5, 0.6) is 0 Å². The summed E-state index contributed by atoms with van der Waals surface area (Å²) in [6.45, 7) is 16.5. The van der Waals surface area contributed by atoms with Crippen LogP contribution < -0.4 is 0 Å². The lowest BCUT2D eigenvalue weighted by atomic mass is 9.76. The van der Waals surface area contributed by atoms with Crippen molar-refractivity contribution in [3.8, 4) is 0 Å². The zero-order chi connectivity index (χ0) is 15.8. The van der Waals surface area contributed by atoms with Crippen molar-refractivity contribution in [1.82, 2.24) is 0 Å². The zero-order valence-electron chi connectivity index (χ0n) is 14.1. The molecule has 0 saturated heterocycles. The molecule has 0 fully saturated rings. The Balaban J connectivity index is 4.45. The van der Waals surface area contributed by atoms with E-state index < -0.39 is 0 Å². The highest BCUT2D eigenvalue weighted by atomic mass is 16.5. The number of nitrogens with zero attached hydrogens (tertiary/aromatic N) is 3. The summed E-state index contributed by atoms with van der Waals surface area (Å²) in [6, 6.07) is 0. The summed E-state index contributed by atoms with van der Waals surface area (Å²) in [6.07, 6.45) is 1.00. The Labute approximate surface area is 123 Å². The third-order valence-electron chi connectivity index (χ3n) is 3.54. The summed E-state index contributed by atoms with van der Waals surface area (Å²) in [4.78, 5) is 2.71. The molecule has 0 aromatic carbocycles. The van der Waals surface area contributed by atoms with E-state index in [1.165, 1.54) is 0 Å². The number of azide groups is 1. The van der Waals surface area contributed by atoms with Crippen LogP contribution >= 0.6 is 0 Å². The lowest BCUT2D eigenvalue weighted by Crippen LogP contribution is -2.36. The molecule has 0 aliphatic carbocycles. The lowest BCUT2D eigenvalue weighted by molar-refractivity contribution is -0.109. The fourth-order valence-electron chi connectivity index (χ4n) is 1.82. The number of hydrogen-bond acceptors (Lipinski definition) is 3. The Hall–Kier alpha value is -0.770. The van der Waals surface area contributed by atoms with Crippen LogP contribution in [0.1, 0.15) is 54.9 Å². The lowest BCUT2D eigenvalue weighted by Gasteiger charge is -2.36. The van der Waals surface area contributed by atoms with Gasteiger partial charge in [0.15, 0.2) is 0 Å². The summed E-state index contributed by atoms with van der Waals surface area (Å²) >= 11 is 0. The number of rotatable bonds is 9. The molecule has 0 aliphatic heterocycles. The minimum atomic E-state index is -0.189. The van der Waals surface area contributed by atoms with Crippen LogP contribution in [0.15, 0.2) is 5.11 Å². The molecule has 0 bridgehead atoms. The van der Waals surface area contributed by atoms with Gasteiger partial charge in [0, 0.05) is 11.5 Å². The van der Waals surface area contributed by atoms with Gasteiger partial charge in [0.25, 0.3) is 0 Å². The van der Waals surface area contributed by atoms with Crippen molar-refractivity contribution in [2.75, 3.05) is 19.8 Å². The second kappa shape index (κ2) is 8.50. The predicted molar refractivity (Wildman–Crippen MR) is 82.7 cm³/mol. The summed E-state index contributed by atoms with van der Waals surface area (Å²) in [7, 11) is 0. The van der Waals surface area contributed by atoms with Gasteiger partial charge in [0.1, 0.15) is 0 Å². The molecule has 5 nitrogen and oxygen atoms in total. The SMILES string of the molecule is CC(C)C(C)(C)CC(COCCN=[N+]=[N-])OC(C)(C)C. The van der Waals surface area contributed by atoms with Crippen LogP contribution in [0.3, 0.4) is 0 Å². The molecule has 0 heterocycles. The van der Waals surface area contributed by atoms with Crippen molar-refractivity contribution in [2.45, 2.75) is 66.6 Å². The first kappa shape index (κ1) is 19.2. The van der Waals surface area contributed by atoms with Gasteiger partial charge >= 0.3 is 0 Å². The molecule has 0 saturated carbocycles. The summed E-state index contributed by atoms with van der Waals surface area (Å²) in [5.74, 6) is 0.580. The largest absolute Gasteiger partial charge is 0.379 e. The van der Waals surface area contributed by atoms with Crippen LogP contribution in [-0.4, -0.2) is 31.5 Å². The first-order chi connectivity index (χ1) is 9.08. The molecule has 1 atom stereocenters. The fourth-order valence-corrected chi connectivity index (χ4v) is 1.82. The molecule has 20 heavy (non-hydrogen) atoms. The molecule has 1 unspecified atom stereocenters. The van der Waals surface area contributed by atoms with E-state index in [0.29, 0.717) is 25.7 Å². The van der Waals surface area contributed by atoms with Gasteiger partial charge in [-0.25, -0.2) is 0 Å². The van der Waals surface area contributed by atoms with E-state index in [-0.39, 0.29) is 17.1 Å². The molecule has 0 N–H and O–H groups in total. The highest BCUT2D eigenvalue weighted by molar-refractivity contribution is 4.78. The van der Waals surface area contributed by atoms with Crippen LogP contribution in [0.25, 0.3) is 10.4 Å². The topological polar surface area (TPSA) is 67.2 Å². The third kappa shape index (κ3) is 9.18. The smallest absolute Gasteiger partial charge is 0.0820 e. The highest BCUT2D eigenvalue weighted by Crippen LogP contribution is 2.33. The highest BCUT2D eigenvalue weighted by Gasteiger charge is 2.29. The van der Waals surface area contributed by atoms with Crippen molar-refractivity contribution in [3.05, 3.63) is 10.4 Å². The van der Waals surface area contributed by atoms with Gasteiger partial charge < -0.3 is 9.47 Å². The van der Waals surface area contributed by atoms with Crippen molar-refractivity contribution >= 4 is 0 Å². The monoisotopic (exact) mass is 285 g/mol. The summed E-state index contributed by atoms with van der Waals surface area (Å²) < 4.78 is 11.7. The van der Waals surface area contributed by atoms with Gasteiger partial charge in [-0.2, -0.15) is 0 Å². The van der Waals surface area contributed by atoms with Crippen LogP contribution in [0.2, 0.25) is 0 Å². The third-order valence-corrected chi connectivity index (χ3v) is 3.54. The summed E-state index contributed by atoms with van der Waals surface area (Å²) in [5, 5.41) is 3.46. The average Bonchev–Trinajstić information content (AvgIpc) is 2.25. The minimum absolute atomic E-state index is 0.0541. The molecule has 0 aromatic heterocycles. The van der Waals surface area contributed by atoms with Crippen molar-refractivity contribution in [3.63, 3.8) is 0 Å².